The molecule has 1 aliphatic carbocycles. The van der Waals surface area contributed by atoms with Gasteiger partial charge < -0.3 is 15.5 Å². The summed E-state index contributed by atoms with van der Waals surface area (Å²) in [5, 5.41) is 5.66. The Bertz CT molecular complexity index is 492. The molecule has 2 fully saturated rings. The molecule has 0 aromatic carbocycles. The van der Waals surface area contributed by atoms with Crippen molar-refractivity contribution < 1.29 is 14.4 Å². The number of urea groups is 1. The first kappa shape index (κ1) is 18.7. The number of likely N-dealkylation sites (N-methyl/N-ethyl adjacent to an activating group) is 1. The molecule has 1 saturated carbocycles. The number of nitrogens with zero attached hydrogens (tertiary/aromatic N) is 2. The third-order valence-electron chi connectivity index (χ3n) is 5.45. The molecule has 24 heavy (non-hydrogen) atoms. The van der Waals surface area contributed by atoms with Crippen molar-refractivity contribution in [3.05, 3.63) is 0 Å². The van der Waals surface area contributed by atoms with Crippen LogP contribution in [-0.4, -0.2) is 65.9 Å². The number of imide groups is 1. The molecule has 2 rings (SSSR count). The highest BCUT2D eigenvalue weighted by Crippen LogP contribution is 2.38. The van der Waals surface area contributed by atoms with E-state index >= 15 is 0 Å². The predicted molar refractivity (Wildman–Crippen MR) is 91.4 cm³/mol. The van der Waals surface area contributed by atoms with Crippen LogP contribution in [0.3, 0.4) is 0 Å². The Kier molecular flexibility index (Phi) is 6.21. The van der Waals surface area contributed by atoms with Crippen LogP contribution in [0.5, 0.6) is 0 Å². The zero-order valence-electron chi connectivity index (χ0n) is 15.1. The fraction of sp³-hybridized carbons (Fsp3) is 0.824. The summed E-state index contributed by atoms with van der Waals surface area (Å²) in [7, 11) is 0. The summed E-state index contributed by atoms with van der Waals surface area (Å²) in [6.07, 6.45) is 3.60. The number of hydrogen-bond donors (Lipinski definition) is 2. The fourth-order valence-corrected chi connectivity index (χ4v) is 3.73. The van der Waals surface area contributed by atoms with Crippen molar-refractivity contribution >= 4 is 17.8 Å². The van der Waals surface area contributed by atoms with Crippen LogP contribution in [0.4, 0.5) is 4.79 Å². The molecule has 7 nitrogen and oxygen atoms in total. The number of rotatable bonds is 7. The third-order valence-corrected chi connectivity index (χ3v) is 5.45. The summed E-state index contributed by atoms with van der Waals surface area (Å²) < 4.78 is 0. The van der Waals surface area contributed by atoms with Crippen LogP contribution in [0, 0.1) is 5.92 Å². The second-order valence-electron chi connectivity index (χ2n) is 6.82. The maximum Gasteiger partial charge on any atom is 0.325 e. The Hall–Kier alpha value is -1.63. The van der Waals surface area contributed by atoms with Crippen molar-refractivity contribution in [3.8, 4) is 0 Å². The topological polar surface area (TPSA) is 81.8 Å². The molecule has 4 amide bonds. The van der Waals surface area contributed by atoms with Crippen LogP contribution in [0.1, 0.15) is 46.5 Å². The first-order chi connectivity index (χ1) is 11.4. The molecule has 2 N–H and O–H groups in total. The minimum absolute atomic E-state index is 0.110. The third kappa shape index (κ3) is 3.71. The molecular formula is C17H30N4O3. The van der Waals surface area contributed by atoms with E-state index in [0.29, 0.717) is 13.0 Å². The Morgan fingerprint density at radius 1 is 1.33 bits per heavy atom. The fourth-order valence-electron chi connectivity index (χ4n) is 3.73. The van der Waals surface area contributed by atoms with Crippen LogP contribution in [0.2, 0.25) is 0 Å². The van der Waals surface area contributed by atoms with Crippen molar-refractivity contribution in [1.82, 2.24) is 20.4 Å². The molecule has 136 valence electrons. The molecule has 2 atom stereocenters. The summed E-state index contributed by atoms with van der Waals surface area (Å²) in [5.74, 6) is -0.414. The first-order valence-corrected chi connectivity index (χ1v) is 9.07. The van der Waals surface area contributed by atoms with Gasteiger partial charge in [-0.3, -0.25) is 14.5 Å². The minimum Gasteiger partial charge on any atom is -0.353 e. The summed E-state index contributed by atoms with van der Waals surface area (Å²) in [5.41, 5.74) is -0.795. The van der Waals surface area contributed by atoms with Gasteiger partial charge in [-0.15, -0.1) is 0 Å². The van der Waals surface area contributed by atoms with E-state index < -0.39 is 11.6 Å². The van der Waals surface area contributed by atoms with Crippen molar-refractivity contribution in [2.75, 3.05) is 32.7 Å². The second-order valence-corrected chi connectivity index (χ2v) is 6.82. The van der Waals surface area contributed by atoms with Gasteiger partial charge in [0.15, 0.2) is 0 Å². The van der Waals surface area contributed by atoms with E-state index in [1.54, 1.807) is 0 Å². The lowest BCUT2D eigenvalue weighted by Crippen LogP contribution is -2.54. The molecule has 0 bridgehead atoms. The van der Waals surface area contributed by atoms with Gasteiger partial charge in [-0.1, -0.05) is 33.6 Å². The molecule has 1 heterocycles. The minimum atomic E-state index is -0.795. The highest BCUT2D eigenvalue weighted by Gasteiger charge is 2.55. The highest BCUT2D eigenvalue weighted by molar-refractivity contribution is 6.09. The molecule has 2 unspecified atom stereocenters. The first-order valence-electron chi connectivity index (χ1n) is 9.07. The van der Waals surface area contributed by atoms with Gasteiger partial charge in [0.05, 0.1) is 0 Å². The Morgan fingerprint density at radius 2 is 2.04 bits per heavy atom. The summed E-state index contributed by atoms with van der Waals surface area (Å²) in [6.45, 7) is 9.10. The number of carbonyl (C=O) groups is 3. The summed E-state index contributed by atoms with van der Waals surface area (Å²) in [4.78, 5) is 40.4. The quantitative estimate of drug-likeness (QED) is 0.677. The van der Waals surface area contributed by atoms with Crippen LogP contribution in [0.25, 0.3) is 0 Å². The smallest absolute Gasteiger partial charge is 0.325 e. The standard InChI is InChI=1S/C17H30N4O3/c1-4-20(5-2)11-10-18-14(22)12-21-15(23)17(19-16(21)24)9-7-6-8-13(17)3/h13H,4-12H2,1-3H3,(H,18,22)(H,19,24). The lowest BCUT2D eigenvalue weighted by molar-refractivity contribution is -0.137. The lowest BCUT2D eigenvalue weighted by atomic mass is 9.73. The number of nitrogens with one attached hydrogen (secondary N) is 2. The zero-order valence-corrected chi connectivity index (χ0v) is 15.1. The lowest BCUT2D eigenvalue weighted by Gasteiger charge is -2.36. The van der Waals surface area contributed by atoms with E-state index in [0.717, 1.165) is 43.8 Å². The maximum absolute atomic E-state index is 12.8. The Balaban J connectivity index is 1.89. The highest BCUT2D eigenvalue weighted by atomic mass is 16.2. The van der Waals surface area contributed by atoms with E-state index in [-0.39, 0.29) is 24.3 Å². The molecule has 0 aromatic heterocycles. The Morgan fingerprint density at radius 3 is 2.67 bits per heavy atom. The number of amides is 4. The molecular weight excluding hydrogens is 308 g/mol. The number of carbonyl (C=O) groups excluding carboxylic acids is 3. The normalized spacial score (nSPS) is 27.0. The molecule has 0 radical (unpaired) electrons. The largest absolute Gasteiger partial charge is 0.353 e. The monoisotopic (exact) mass is 338 g/mol. The van der Waals surface area contributed by atoms with Crippen LogP contribution in [-0.2, 0) is 9.59 Å². The zero-order chi connectivity index (χ0) is 17.7. The van der Waals surface area contributed by atoms with Gasteiger partial charge in [0.1, 0.15) is 12.1 Å². The average molecular weight is 338 g/mol. The summed E-state index contributed by atoms with van der Waals surface area (Å²) >= 11 is 0. The van der Waals surface area contributed by atoms with Gasteiger partial charge >= 0.3 is 6.03 Å². The van der Waals surface area contributed by atoms with Crippen LogP contribution < -0.4 is 10.6 Å². The second kappa shape index (κ2) is 7.96. The van der Waals surface area contributed by atoms with Crippen LogP contribution >= 0.6 is 0 Å². The molecule has 0 aromatic rings. The van der Waals surface area contributed by atoms with E-state index in [2.05, 4.69) is 29.4 Å². The van der Waals surface area contributed by atoms with E-state index in [4.69, 9.17) is 0 Å². The van der Waals surface area contributed by atoms with Gasteiger partial charge in [-0.05, 0) is 31.8 Å². The molecule has 2 aliphatic rings. The Labute approximate surface area is 144 Å². The van der Waals surface area contributed by atoms with E-state index in [1.165, 1.54) is 0 Å². The number of hydrogen-bond acceptors (Lipinski definition) is 4. The van der Waals surface area contributed by atoms with E-state index in [1.807, 2.05) is 6.92 Å². The molecule has 1 aliphatic heterocycles. The van der Waals surface area contributed by atoms with Gasteiger partial charge in [0.2, 0.25) is 5.91 Å². The predicted octanol–water partition coefficient (Wildman–Crippen LogP) is 0.945. The van der Waals surface area contributed by atoms with Crippen molar-refractivity contribution in [1.29, 1.82) is 0 Å². The van der Waals surface area contributed by atoms with Gasteiger partial charge in [-0.25, -0.2) is 4.79 Å². The van der Waals surface area contributed by atoms with Crippen molar-refractivity contribution in [2.24, 2.45) is 5.92 Å². The molecule has 7 heteroatoms. The molecule has 1 saturated heterocycles. The maximum atomic E-state index is 12.8. The summed E-state index contributed by atoms with van der Waals surface area (Å²) in [6, 6.07) is -0.437. The van der Waals surface area contributed by atoms with Crippen molar-refractivity contribution in [3.63, 3.8) is 0 Å². The molecule has 1 spiro atoms. The SMILES string of the molecule is CCN(CC)CCNC(=O)CN1C(=O)NC2(CCCCC2C)C1=O. The van der Waals surface area contributed by atoms with E-state index in [9.17, 15) is 14.4 Å². The van der Waals surface area contributed by atoms with Gasteiger partial charge in [0.25, 0.3) is 5.91 Å². The van der Waals surface area contributed by atoms with Gasteiger partial charge in [-0.2, -0.15) is 0 Å². The van der Waals surface area contributed by atoms with Crippen LogP contribution in [0.15, 0.2) is 0 Å². The van der Waals surface area contributed by atoms with Crippen molar-refractivity contribution in [2.45, 2.75) is 52.0 Å². The van der Waals surface area contributed by atoms with Gasteiger partial charge in [0, 0.05) is 13.1 Å². The average Bonchev–Trinajstić information content (AvgIpc) is 2.79.